The molecule has 0 aliphatic rings. The molecule has 0 atom stereocenters. The maximum absolute atomic E-state index is 12.5. The fourth-order valence-corrected chi connectivity index (χ4v) is 2.82. The van der Waals surface area contributed by atoms with Gasteiger partial charge < -0.3 is 14.8 Å². The average molecular weight is 365 g/mol. The molecule has 2 aromatic carbocycles. The summed E-state index contributed by atoms with van der Waals surface area (Å²) in [6.07, 6.45) is 1.71. The number of benzene rings is 2. The Bertz CT molecular complexity index is 943. The third-order valence-electron chi connectivity index (χ3n) is 4.04. The van der Waals surface area contributed by atoms with Gasteiger partial charge in [-0.2, -0.15) is 5.10 Å². The number of rotatable bonds is 6. The Morgan fingerprint density at radius 1 is 1.04 bits per heavy atom. The second kappa shape index (κ2) is 7.95. The standard InChI is InChI=1S/C21H23N3O3/c1-14-5-6-20(26-4)19(12-14)22-21(25)18-7-8-24(23-18)13-27-17-10-15(2)9-16(3)11-17/h5-12H,13H2,1-4H3,(H,22,25). The van der Waals surface area contributed by atoms with E-state index in [0.29, 0.717) is 17.1 Å². The van der Waals surface area contributed by atoms with Crippen LogP contribution >= 0.6 is 0 Å². The molecule has 3 rings (SSSR count). The van der Waals surface area contributed by atoms with Crippen LogP contribution < -0.4 is 14.8 Å². The van der Waals surface area contributed by atoms with Crippen molar-refractivity contribution in [2.45, 2.75) is 27.5 Å². The van der Waals surface area contributed by atoms with Gasteiger partial charge in [0.15, 0.2) is 12.4 Å². The van der Waals surface area contributed by atoms with Crippen LogP contribution in [0.15, 0.2) is 48.7 Å². The van der Waals surface area contributed by atoms with Crippen LogP contribution in [0.25, 0.3) is 0 Å². The number of aromatic nitrogens is 2. The molecule has 27 heavy (non-hydrogen) atoms. The van der Waals surface area contributed by atoms with Crippen LogP contribution in [0.5, 0.6) is 11.5 Å². The second-order valence-electron chi connectivity index (χ2n) is 6.50. The van der Waals surface area contributed by atoms with Gasteiger partial charge in [-0.25, -0.2) is 4.68 Å². The second-order valence-corrected chi connectivity index (χ2v) is 6.50. The first kappa shape index (κ1) is 18.5. The summed E-state index contributed by atoms with van der Waals surface area (Å²) in [4.78, 5) is 12.5. The highest BCUT2D eigenvalue weighted by molar-refractivity contribution is 6.03. The number of methoxy groups -OCH3 is 1. The maximum Gasteiger partial charge on any atom is 0.276 e. The summed E-state index contributed by atoms with van der Waals surface area (Å²) < 4.78 is 12.6. The molecule has 0 bridgehead atoms. The molecule has 6 nitrogen and oxygen atoms in total. The van der Waals surface area contributed by atoms with Crippen molar-refractivity contribution in [2.24, 2.45) is 0 Å². The molecular weight excluding hydrogens is 342 g/mol. The summed E-state index contributed by atoms with van der Waals surface area (Å²) in [5, 5.41) is 7.12. The summed E-state index contributed by atoms with van der Waals surface area (Å²) >= 11 is 0. The van der Waals surface area contributed by atoms with Crippen molar-refractivity contribution < 1.29 is 14.3 Å². The van der Waals surface area contributed by atoms with E-state index in [1.165, 1.54) is 0 Å². The van der Waals surface area contributed by atoms with Gasteiger partial charge in [-0.15, -0.1) is 0 Å². The third kappa shape index (κ3) is 4.67. The van der Waals surface area contributed by atoms with E-state index in [9.17, 15) is 4.79 Å². The Morgan fingerprint density at radius 2 is 1.78 bits per heavy atom. The van der Waals surface area contributed by atoms with Crippen molar-refractivity contribution in [2.75, 3.05) is 12.4 Å². The van der Waals surface area contributed by atoms with Crippen LogP contribution in [0.2, 0.25) is 0 Å². The molecule has 0 fully saturated rings. The van der Waals surface area contributed by atoms with E-state index in [2.05, 4.69) is 16.5 Å². The van der Waals surface area contributed by atoms with Crippen molar-refractivity contribution in [3.63, 3.8) is 0 Å². The lowest BCUT2D eigenvalue weighted by atomic mass is 10.1. The van der Waals surface area contributed by atoms with Gasteiger partial charge in [0, 0.05) is 6.20 Å². The minimum absolute atomic E-state index is 0.226. The van der Waals surface area contributed by atoms with Crippen molar-refractivity contribution in [3.05, 3.63) is 71.0 Å². The lowest BCUT2D eigenvalue weighted by molar-refractivity contribution is 0.102. The molecule has 6 heteroatoms. The molecule has 1 aromatic heterocycles. The Labute approximate surface area is 158 Å². The average Bonchev–Trinajstić information content (AvgIpc) is 3.08. The minimum Gasteiger partial charge on any atom is -0.495 e. The first-order valence-electron chi connectivity index (χ1n) is 8.65. The highest BCUT2D eigenvalue weighted by atomic mass is 16.5. The Hall–Kier alpha value is -3.28. The number of amides is 1. The Kier molecular flexibility index (Phi) is 5.45. The topological polar surface area (TPSA) is 65.4 Å². The molecule has 1 heterocycles. The largest absolute Gasteiger partial charge is 0.495 e. The molecule has 1 amide bonds. The monoisotopic (exact) mass is 365 g/mol. The van der Waals surface area contributed by atoms with Gasteiger partial charge in [0.2, 0.25) is 0 Å². The molecule has 0 saturated carbocycles. The number of nitrogens with one attached hydrogen (secondary N) is 1. The van der Waals surface area contributed by atoms with Crippen LogP contribution in [0.3, 0.4) is 0 Å². The van der Waals surface area contributed by atoms with E-state index < -0.39 is 0 Å². The van der Waals surface area contributed by atoms with Gasteiger partial charge in [0.1, 0.15) is 11.5 Å². The smallest absolute Gasteiger partial charge is 0.276 e. The number of ether oxygens (including phenoxy) is 2. The molecule has 0 radical (unpaired) electrons. The zero-order valence-corrected chi connectivity index (χ0v) is 15.9. The molecule has 0 unspecified atom stereocenters. The van der Waals surface area contributed by atoms with E-state index in [1.54, 1.807) is 24.1 Å². The molecule has 0 spiro atoms. The number of nitrogens with zero attached hydrogens (tertiary/aromatic N) is 2. The van der Waals surface area contributed by atoms with E-state index in [1.807, 2.05) is 51.1 Å². The third-order valence-corrected chi connectivity index (χ3v) is 4.04. The van der Waals surface area contributed by atoms with Crippen LogP contribution in [-0.4, -0.2) is 22.8 Å². The van der Waals surface area contributed by atoms with E-state index in [4.69, 9.17) is 9.47 Å². The quantitative estimate of drug-likeness (QED) is 0.714. The number of hydrogen-bond donors (Lipinski definition) is 1. The predicted molar refractivity (Wildman–Crippen MR) is 104 cm³/mol. The van der Waals surface area contributed by atoms with Crippen molar-refractivity contribution >= 4 is 11.6 Å². The summed E-state index contributed by atoms with van der Waals surface area (Å²) in [5.41, 5.74) is 4.22. The highest BCUT2D eigenvalue weighted by Crippen LogP contribution is 2.25. The van der Waals surface area contributed by atoms with E-state index in [-0.39, 0.29) is 12.6 Å². The molecule has 3 aromatic rings. The Balaban J connectivity index is 1.66. The van der Waals surface area contributed by atoms with Gasteiger partial charge in [0.25, 0.3) is 5.91 Å². The normalized spacial score (nSPS) is 10.5. The summed E-state index contributed by atoms with van der Waals surface area (Å²) in [7, 11) is 1.57. The molecule has 140 valence electrons. The van der Waals surface area contributed by atoms with Gasteiger partial charge in [-0.05, 0) is 67.8 Å². The van der Waals surface area contributed by atoms with E-state index in [0.717, 1.165) is 22.4 Å². The molecular formula is C21H23N3O3. The number of hydrogen-bond acceptors (Lipinski definition) is 4. The fraction of sp³-hybridized carbons (Fsp3) is 0.238. The lowest BCUT2D eigenvalue weighted by Gasteiger charge is -2.10. The number of carbonyl (C=O) groups excluding carboxylic acids is 1. The maximum atomic E-state index is 12.5. The van der Waals surface area contributed by atoms with Gasteiger partial charge >= 0.3 is 0 Å². The van der Waals surface area contributed by atoms with E-state index >= 15 is 0 Å². The highest BCUT2D eigenvalue weighted by Gasteiger charge is 2.13. The van der Waals surface area contributed by atoms with Crippen LogP contribution in [-0.2, 0) is 6.73 Å². The van der Waals surface area contributed by atoms with Gasteiger partial charge in [-0.1, -0.05) is 12.1 Å². The zero-order valence-electron chi connectivity index (χ0n) is 15.9. The molecule has 0 saturated heterocycles. The number of anilines is 1. The fourth-order valence-electron chi connectivity index (χ4n) is 2.82. The van der Waals surface area contributed by atoms with Crippen LogP contribution in [0.4, 0.5) is 5.69 Å². The molecule has 1 N–H and O–H groups in total. The van der Waals surface area contributed by atoms with Crippen LogP contribution in [0, 0.1) is 20.8 Å². The lowest BCUT2D eigenvalue weighted by Crippen LogP contribution is -2.15. The summed E-state index contributed by atoms with van der Waals surface area (Å²) in [5.74, 6) is 1.08. The van der Waals surface area contributed by atoms with Gasteiger partial charge in [0.05, 0.1) is 12.8 Å². The van der Waals surface area contributed by atoms with Crippen molar-refractivity contribution in [1.29, 1.82) is 0 Å². The summed E-state index contributed by atoms with van der Waals surface area (Å²) in [6, 6.07) is 13.3. The SMILES string of the molecule is COc1ccc(C)cc1NC(=O)c1ccn(COc2cc(C)cc(C)c2)n1. The first-order valence-corrected chi connectivity index (χ1v) is 8.65. The van der Waals surface area contributed by atoms with Crippen LogP contribution in [0.1, 0.15) is 27.2 Å². The van der Waals surface area contributed by atoms with Crippen molar-refractivity contribution in [1.82, 2.24) is 9.78 Å². The number of carbonyl (C=O) groups is 1. The number of aryl methyl sites for hydroxylation is 3. The first-order chi connectivity index (χ1) is 12.9. The Morgan fingerprint density at radius 3 is 2.48 bits per heavy atom. The summed E-state index contributed by atoms with van der Waals surface area (Å²) in [6.45, 7) is 6.23. The minimum atomic E-state index is -0.302. The zero-order chi connectivity index (χ0) is 19.4. The van der Waals surface area contributed by atoms with Gasteiger partial charge in [-0.3, -0.25) is 4.79 Å². The van der Waals surface area contributed by atoms with Crippen molar-refractivity contribution in [3.8, 4) is 11.5 Å². The molecule has 0 aliphatic carbocycles. The predicted octanol–water partition coefficient (Wildman–Crippen LogP) is 4.11. The molecule has 0 aliphatic heterocycles.